The van der Waals surface area contributed by atoms with Crippen molar-refractivity contribution < 1.29 is 14.0 Å². The molecule has 1 saturated heterocycles. The molecule has 2 aliphatic rings. The number of rotatable bonds is 3. The molecule has 34 heavy (non-hydrogen) atoms. The first-order valence-corrected chi connectivity index (χ1v) is 11.0. The Kier molecular flexibility index (Phi) is 4.58. The fraction of sp³-hybridized carbons (Fsp3) is 0.200. The van der Waals surface area contributed by atoms with Gasteiger partial charge in [0.05, 0.1) is 24.4 Å². The van der Waals surface area contributed by atoms with Crippen molar-refractivity contribution in [2.24, 2.45) is 0 Å². The zero-order valence-electron chi connectivity index (χ0n) is 18.5. The van der Waals surface area contributed by atoms with Crippen LogP contribution in [0, 0.1) is 5.82 Å². The third-order valence-corrected chi connectivity index (χ3v) is 6.40. The Labute approximate surface area is 194 Å². The lowest BCUT2D eigenvalue weighted by molar-refractivity contribution is -0.129. The summed E-state index contributed by atoms with van der Waals surface area (Å²) < 4.78 is 15.6. The van der Waals surface area contributed by atoms with Crippen molar-refractivity contribution in [2.75, 3.05) is 36.9 Å². The molecule has 9 heteroatoms. The van der Waals surface area contributed by atoms with Gasteiger partial charge in [0.2, 0.25) is 11.8 Å². The second-order valence-corrected chi connectivity index (χ2v) is 8.59. The van der Waals surface area contributed by atoms with E-state index in [1.54, 1.807) is 30.3 Å². The number of piperazine rings is 1. The van der Waals surface area contributed by atoms with E-state index >= 15 is 0 Å². The number of amides is 2. The number of aromatic nitrogens is 3. The number of fused-ring (bicyclic) bond motifs is 2. The summed E-state index contributed by atoms with van der Waals surface area (Å²) in [6.07, 6.45) is 3.86. The predicted octanol–water partition coefficient (Wildman–Crippen LogP) is 2.98. The second kappa shape index (κ2) is 7.65. The quantitative estimate of drug-likeness (QED) is 0.513. The van der Waals surface area contributed by atoms with Gasteiger partial charge in [-0.15, -0.1) is 0 Å². The monoisotopic (exact) mass is 456 g/mol. The number of likely N-dealkylation sites (N-methyl/N-ethyl adjacent to an activating group) is 1. The molecule has 0 unspecified atom stereocenters. The molecular weight excluding hydrogens is 435 g/mol. The molecule has 4 aromatic rings. The van der Waals surface area contributed by atoms with Gasteiger partial charge in [0, 0.05) is 49.3 Å². The molecule has 6 rings (SSSR count). The third-order valence-electron chi connectivity index (χ3n) is 6.40. The molecule has 2 amide bonds. The molecule has 0 saturated carbocycles. The van der Waals surface area contributed by atoms with Crippen LogP contribution in [0.3, 0.4) is 0 Å². The number of nitrogens with one attached hydrogen (secondary N) is 1. The molecule has 2 aromatic carbocycles. The summed E-state index contributed by atoms with van der Waals surface area (Å²) in [5, 5.41) is 2.86. The molecule has 0 radical (unpaired) electrons. The number of halogens is 1. The second-order valence-electron chi connectivity index (χ2n) is 8.59. The highest BCUT2D eigenvalue weighted by molar-refractivity contribution is 6.00. The number of imidazole rings is 1. The molecule has 0 atom stereocenters. The van der Waals surface area contributed by atoms with Crippen LogP contribution >= 0.6 is 0 Å². The van der Waals surface area contributed by atoms with Crippen LogP contribution in [0.25, 0.3) is 28.2 Å². The van der Waals surface area contributed by atoms with Gasteiger partial charge in [0.15, 0.2) is 11.5 Å². The van der Waals surface area contributed by atoms with Gasteiger partial charge in [0.1, 0.15) is 5.82 Å². The highest BCUT2D eigenvalue weighted by Crippen LogP contribution is 2.37. The van der Waals surface area contributed by atoms with Gasteiger partial charge in [-0.05, 0) is 42.0 Å². The lowest BCUT2D eigenvalue weighted by Gasteiger charge is -2.32. The van der Waals surface area contributed by atoms with Crippen LogP contribution < -0.4 is 10.2 Å². The van der Waals surface area contributed by atoms with Crippen molar-refractivity contribution in [3.8, 4) is 22.5 Å². The first kappa shape index (κ1) is 20.3. The molecule has 2 aromatic heterocycles. The summed E-state index contributed by atoms with van der Waals surface area (Å²) in [6, 6.07) is 12.0. The minimum absolute atomic E-state index is 0.0244. The number of nitrogens with zero attached hydrogens (tertiary/aromatic N) is 5. The highest BCUT2D eigenvalue weighted by atomic mass is 19.1. The van der Waals surface area contributed by atoms with E-state index in [0.29, 0.717) is 36.7 Å². The molecule has 0 bridgehead atoms. The van der Waals surface area contributed by atoms with E-state index < -0.39 is 0 Å². The summed E-state index contributed by atoms with van der Waals surface area (Å²) in [7, 11) is 1.79. The SMILES string of the molecule is CN1CCN(c2nccn3c(-c4ccc5c(c4)CC(=O)N5)c(-c4ccc(F)cc4)nc23)CC1=O. The fourth-order valence-electron chi connectivity index (χ4n) is 4.59. The first-order chi connectivity index (χ1) is 16.5. The lowest BCUT2D eigenvalue weighted by atomic mass is 10.0. The molecule has 1 N–H and O–H groups in total. The number of hydrogen-bond donors (Lipinski definition) is 1. The largest absolute Gasteiger partial charge is 0.342 e. The minimum atomic E-state index is -0.325. The van der Waals surface area contributed by atoms with Crippen LogP contribution in [0.1, 0.15) is 5.56 Å². The summed E-state index contributed by atoms with van der Waals surface area (Å²) >= 11 is 0. The van der Waals surface area contributed by atoms with Gasteiger partial charge in [-0.1, -0.05) is 6.07 Å². The molecule has 2 aliphatic heterocycles. The standard InChI is InChI=1S/C25H21FN6O2/c1-30-10-11-31(14-21(30)34)24-25-29-22(15-2-5-18(26)6-3-15)23(32(25)9-8-27-24)16-4-7-19-17(12-16)13-20(33)28-19/h2-9,12H,10-11,13-14H2,1H3,(H,28,33). The first-order valence-electron chi connectivity index (χ1n) is 11.0. The molecule has 4 heterocycles. The van der Waals surface area contributed by atoms with Crippen molar-refractivity contribution in [3.63, 3.8) is 0 Å². The van der Waals surface area contributed by atoms with Gasteiger partial charge in [-0.2, -0.15) is 0 Å². The summed E-state index contributed by atoms with van der Waals surface area (Å²) in [6.45, 7) is 1.48. The third kappa shape index (κ3) is 3.28. The fourth-order valence-corrected chi connectivity index (χ4v) is 4.59. The van der Waals surface area contributed by atoms with Gasteiger partial charge in [-0.3, -0.25) is 14.0 Å². The van der Waals surface area contributed by atoms with E-state index in [4.69, 9.17) is 4.98 Å². The predicted molar refractivity (Wildman–Crippen MR) is 126 cm³/mol. The van der Waals surface area contributed by atoms with Crippen molar-refractivity contribution >= 4 is 29.0 Å². The van der Waals surface area contributed by atoms with Crippen molar-refractivity contribution in [1.29, 1.82) is 0 Å². The Hall–Kier alpha value is -4.27. The van der Waals surface area contributed by atoms with Crippen LogP contribution in [0.4, 0.5) is 15.9 Å². The number of benzene rings is 2. The van der Waals surface area contributed by atoms with E-state index in [1.807, 2.05) is 33.7 Å². The number of hydrogen-bond acceptors (Lipinski definition) is 5. The molecule has 1 fully saturated rings. The van der Waals surface area contributed by atoms with E-state index in [0.717, 1.165) is 28.1 Å². The zero-order chi connectivity index (χ0) is 23.4. The molecule has 8 nitrogen and oxygen atoms in total. The van der Waals surface area contributed by atoms with Crippen LogP contribution in [-0.2, 0) is 16.0 Å². The Morgan fingerprint density at radius 3 is 2.62 bits per heavy atom. The maximum atomic E-state index is 13.7. The topological polar surface area (TPSA) is 82.8 Å². The van der Waals surface area contributed by atoms with Crippen LogP contribution in [0.5, 0.6) is 0 Å². The van der Waals surface area contributed by atoms with Crippen molar-refractivity contribution in [3.05, 3.63) is 66.2 Å². The van der Waals surface area contributed by atoms with Crippen LogP contribution in [0.2, 0.25) is 0 Å². The Morgan fingerprint density at radius 2 is 1.82 bits per heavy atom. The van der Waals surface area contributed by atoms with Crippen LogP contribution in [0.15, 0.2) is 54.9 Å². The molecular formula is C25H21FN6O2. The Morgan fingerprint density at radius 1 is 1.03 bits per heavy atom. The number of carbonyl (C=O) groups is 2. The van der Waals surface area contributed by atoms with Crippen molar-refractivity contribution in [2.45, 2.75) is 6.42 Å². The maximum Gasteiger partial charge on any atom is 0.241 e. The summed E-state index contributed by atoms with van der Waals surface area (Å²) in [4.78, 5) is 37.4. The van der Waals surface area contributed by atoms with E-state index in [-0.39, 0.29) is 24.2 Å². The molecule has 0 aliphatic carbocycles. The summed E-state index contributed by atoms with van der Waals surface area (Å²) in [5.74, 6) is 0.290. The summed E-state index contributed by atoms with van der Waals surface area (Å²) in [5.41, 5.74) is 5.47. The van der Waals surface area contributed by atoms with Gasteiger partial charge in [-0.25, -0.2) is 14.4 Å². The van der Waals surface area contributed by atoms with E-state index in [9.17, 15) is 14.0 Å². The Balaban J connectivity index is 1.56. The van der Waals surface area contributed by atoms with Crippen molar-refractivity contribution in [1.82, 2.24) is 19.3 Å². The molecule has 170 valence electrons. The normalized spacial score (nSPS) is 15.7. The van der Waals surface area contributed by atoms with Gasteiger partial charge < -0.3 is 15.1 Å². The van der Waals surface area contributed by atoms with E-state index in [1.165, 1.54) is 12.1 Å². The van der Waals surface area contributed by atoms with Crippen LogP contribution in [-0.4, -0.2) is 57.8 Å². The highest BCUT2D eigenvalue weighted by Gasteiger charge is 2.27. The smallest absolute Gasteiger partial charge is 0.241 e. The van der Waals surface area contributed by atoms with Gasteiger partial charge >= 0.3 is 0 Å². The number of carbonyl (C=O) groups excluding carboxylic acids is 2. The average molecular weight is 456 g/mol. The lowest BCUT2D eigenvalue weighted by Crippen LogP contribution is -2.49. The maximum absolute atomic E-state index is 13.7. The minimum Gasteiger partial charge on any atom is -0.342 e. The Bertz CT molecular complexity index is 1460. The van der Waals surface area contributed by atoms with E-state index in [2.05, 4.69) is 10.3 Å². The zero-order valence-corrected chi connectivity index (χ0v) is 18.5. The number of anilines is 2. The molecule has 0 spiro atoms. The van der Waals surface area contributed by atoms with Gasteiger partial charge in [0.25, 0.3) is 0 Å². The average Bonchev–Trinajstić information content (AvgIpc) is 3.40.